The lowest BCUT2D eigenvalue weighted by atomic mass is 10.1. The predicted molar refractivity (Wildman–Crippen MR) is 121 cm³/mol. The van der Waals surface area contributed by atoms with Gasteiger partial charge in [0.05, 0.1) is 17.1 Å². The van der Waals surface area contributed by atoms with Crippen molar-refractivity contribution >= 4 is 28.3 Å². The number of nitrogen functional groups attached to an aromatic ring is 1. The Kier molecular flexibility index (Phi) is 5.85. The molecule has 4 rings (SSSR count). The van der Waals surface area contributed by atoms with Crippen LogP contribution in [0.5, 0.6) is 0 Å². The lowest BCUT2D eigenvalue weighted by molar-refractivity contribution is 0.674. The molecular formula is C23H22ClN7. The number of nitrogens with zero attached hydrogens (tertiary/aromatic N) is 5. The van der Waals surface area contributed by atoms with Crippen LogP contribution in [0.4, 0.5) is 5.82 Å². The normalized spacial score (nSPS) is 11.0. The van der Waals surface area contributed by atoms with E-state index < -0.39 is 0 Å². The molecule has 0 unspecified atom stereocenters. The van der Waals surface area contributed by atoms with E-state index in [2.05, 4.69) is 26.5 Å². The van der Waals surface area contributed by atoms with E-state index in [1.165, 1.54) is 0 Å². The van der Waals surface area contributed by atoms with E-state index in [-0.39, 0.29) is 0 Å². The molecule has 0 atom stereocenters. The molecule has 0 amide bonds. The molecule has 3 heterocycles. The first-order chi connectivity index (χ1) is 14.9. The van der Waals surface area contributed by atoms with Crippen LogP contribution in [0.15, 0.2) is 42.7 Å². The van der Waals surface area contributed by atoms with Crippen molar-refractivity contribution in [1.82, 2.24) is 25.1 Å². The van der Waals surface area contributed by atoms with Gasteiger partial charge in [-0.15, -0.1) is 0 Å². The van der Waals surface area contributed by atoms with Gasteiger partial charge in [0.15, 0.2) is 5.69 Å². The van der Waals surface area contributed by atoms with E-state index in [1.54, 1.807) is 10.9 Å². The lowest BCUT2D eigenvalue weighted by Gasteiger charge is -2.11. The van der Waals surface area contributed by atoms with Gasteiger partial charge in [0, 0.05) is 42.1 Å². The van der Waals surface area contributed by atoms with Gasteiger partial charge >= 0.3 is 0 Å². The molecule has 3 aromatic heterocycles. The van der Waals surface area contributed by atoms with Crippen LogP contribution in [0, 0.1) is 25.2 Å². The first-order valence-electron chi connectivity index (χ1n) is 9.87. The van der Waals surface area contributed by atoms with Crippen LogP contribution in [-0.4, -0.2) is 19.7 Å². The van der Waals surface area contributed by atoms with Crippen LogP contribution in [0.3, 0.4) is 0 Å². The standard InChI is InChI=1S/C23H22ClN7/c1-14-5-23(26)29-15(2)20(14)11-27-9-18-13-31(30-22(18)8-25)12-16-3-4-21-17(6-16)7-19(24)10-28-21/h3-7,10,13,27H,9,11-12H2,1-2H3,(H2,26,29). The molecule has 0 fully saturated rings. The lowest BCUT2D eigenvalue weighted by Crippen LogP contribution is -2.15. The summed E-state index contributed by atoms with van der Waals surface area (Å²) in [5, 5.41) is 18.9. The zero-order valence-electron chi connectivity index (χ0n) is 17.4. The van der Waals surface area contributed by atoms with Crippen molar-refractivity contribution in [3.8, 4) is 6.07 Å². The van der Waals surface area contributed by atoms with E-state index in [4.69, 9.17) is 17.3 Å². The van der Waals surface area contributed by atoms with Crippen LogP contribution < -0.4 is 11.1 Å². The van der Waals surface area contributed by atoms with Crippen molar-refractivity contribution in [1.29, 1.82) is 5.26 Å². The fraction of sp³-hybridized carbons (Fsp3) is 0.217. The van der Waals surface area contributed by atoms with Gasteiger partial charge in [0.1, 0.15) is 11.9 Å². The molecule has 1 aromatic carbocycles. The summed E-state index contributed by atoms with van der Waals surface area (Å²) in [5.74, 6) is 0.526. The second-order valence-corrected chi connectivity index (χ2v) is 7.96. The summed E-state index contributed by atoms with van der Waals surface area (Å²) in [5.41, 5.74) is 12.1. The number of benzene rings is 1. The average molecular weight is 432 g/mol. The molecule has 4 aromatic rings. The largest absolute Gasteiger partial charge is 0.384 e. The van der Waals surface area contributed by atoms with Gasteiger partial charge in [-0.3, -0.25) is 9.67 Å². The number of rotatable bonds is 6. The molecule has 0 spiro atoms. The fourth-order valence-corrected chi connectivity index (χ4v) is 3.85. The summed E-state index contributed by atoms with van der Waals surface area (Å²) in [4.78, 5) is 8.65. The minimum atomic E-state index is 0.418. The summed E-state index contributed by atoms with van der Waals surface area (Å²) in [6.45, 7) is 5.69. The number of halogens is 1. The van der Waals surface area contributed by atoms with E-state index in [9.17, 15) is 5.26 Å². The highest BCUT2D eigenvalue weighted by atomic mass is 35.5. The van der Waals surface area contributed by atoms with Gasteiger partial charge < -0.3 is 11.1 Å². The molecule has 0 radical (unpaired) electrons. The molecular weight excluding hydrogens is 410 g/mol. The molecule has 8 heteroatoms. The van der Waals surface area contributed by atoms with E-state index >= 15 is 0 Å². The summed E-state index contributed by atoms with van der Waals surface area (Å²) in [6.07, 6.45) is 3.55. The predicted octanol–water partition coefficient (Wildman–Crippen LogP) is 3.89. The highest BCUT2D eigenvalue weighted by Gasteiger charge is 2.11. The maximum Gasteiger partial charge on any atom is 0.166 e. The van der Waals surface area contributed by atoms with E-state index in [0.717, 1.165) is 38.9 Å². The number of aryl methyl sites for hydroxylation is 2. The minimum Gasteiger partial charge on any atom is -0.384 e. The Bertz CT molecular complexity index is 1280. The number of hydrogen-bond acceptors (Lipinski definition) is 6. The second-order valence-electron chi connectivity index (χ2n) is 7.52. The van der Waals surface area contributed by atoms with Gasteiger partial charge in [0.25, 0.3) is 0 Å². The fourth-order valence-electron chi connectivity index (χ4n) is 3.68. The van der Waals surface area contributed by atoms with Crippen LogP contribution in [-0.2, 0) is 19.6 Å². The third kappa shape index (κ3) is 4.66. The SMILES string of the molecule is Cc1cc(N)nc(C)c1CNCc1cn(Cc2ccc3ncc(Cl)cc3c2)nc1C#N. The molecule has 0 aliphatic carbocycles. The molecule has 0 aliphatic heterocycles. The topological polar surface area (TPSA) is 105 Å². The average Bonchev–Trinajstić information content (AvgIpc) is 3.11. The first kappa shape index (κ1) is 20.8. The number of aromatic nitrogens is 4. The number of pyridine rings is 2. The number of hydrogen-bond donors (Lipinski definition) is 2. The Labute approximate surface area is 185 Å². The first-order valence-corrected chi connectivity index (χ1v) is 10.2. The van der Waals surface area contributed by atoms with Gasteiger partial charge in [-0.2, -0.15) is 10.4 Å². The Hall–Kier alpha value is -3.47. The summed E-state index contributed by atoms with van der Waals surface area (Å²) >= 11 is 6.06. The Morgan fingerprint density at radius 3 is 2.81 bits per heavy atom. The van der Waals surface area contributed by atoms with Gasteiger partial charge in [-0.1, -0.05) is 17.7 Å². The third-order valence-corrected chi connectivity index (χ3v) is 5.40. The number of anilines is 1. The number of nitriles is 1. The van der Waals surface area contributed by atoms with Gasteiger partial charge in [-0.25, -0.2) is 4.98 Å². The number of nitrogens with one attached hydrogen (secondary N) is 1. The molecule has 7 nitrogen and oxygen atoms in total. The second kappa shape index (κ2) is 8.72. The summed E-state index contributed by atoms with van der Waals surface area (Å²) < 4.78 is 1.79. The number of nitrogens with two attached hydrogens (primary N) is 1. The molecule has 0 saturated carbocycles. The quantitative estimate of drug-likeness (QED) is 0.479. The Morgan fingerprint density at radius 2 is 2.03 bits per heavy atom. The monoisotopic (exact) mass is 431 g/mol. The summed E-state index contributed by atoms with van der Waals surface area (Å²) in [6, 6.07) is 12.0. The van der Waals surface area contributed by atoms with Crippen molar-refractivity contribution in [2.24, 2.45) is 0 Å². The van der Waals surface area contributed by atoms with Crippen molar-refractivity contribution in [2.45, 2.75) is 33.5 Å². The molecule has 0 bridgehead atoms. The zero-order chi connectivity index (χ0) is 22.0. The van der Waals surface area contributed by atoms with Gasteiger partial charge in [0.2, 0.25) is 0 Å². The highest BCUT2D eigenvalue weighted by molar-refractivity contribution is 6.31. The minimum absolute atomic E-state index is 0.418. The summed E-state index contributed by atoms with van der Waals surface area (Å²) in [7, 11) is 0. The molecule has 156 valence electrons. The Morgan fingerprint density at radius 1 is 1.19 bits per heavy atom. The molecule has 3 N–H and O–H groups in total. The van der Waals surface area contributed by atoms with Crippen molar-refractivity contribution < 1.29 is 0 Å². The van der Waals surface area contributed by atoms with Crippen LogP contribution in [0.2, 0.25) is 5.02 Å². The maximum absolute atomic E-state index is 9.50. The zero-order valence-corrected chi connectivity index (χ0v) is 18.1. The molecule has 31 heavy (non-hydrogen) atoms. The smallest absolute Gasteiger partial charge is 0.166 e. The van der Waals surface area contributed by atoms with E-state index in [0.29, 0.717) is 36.2 Å². The van der Waals surface area contributed by atoms with Crippen molar-refractivity contribution in [3.63, 3.8) is 0 Å². The van der Waals surface area contributed by atoms with Crippen LogP contribution in [0.25, 0.3) is 10.9 Å². The maximum atomic E-state index is 9.50. The number of fused-ring (bicyclic) bond motifs is 1. The van der Waals surface area contributed by atoms with Crippen molar-refractivity contribution in [3.05, 3.63) is 81.4 Å². The molecule has 0 aliphatic rings. The van der Waals surface area contributed by atoms with E-state index in [1.807, 2.05) is 50.4 Å². The molecule has 0 saturated heterocycles. The highest BCUT2D eigenvalue weighted by Crippen LogP contribution is 2.19. The third-order valence-electron chi connectivity index (χ3n) is 5.19. The van der Waals surface area contributed by atoms with Gasteiger partial charge in [-0.05, 0) is 54.8 Å². The van der Waals surface area contributed by atoms with Crippen molar-refractivity contribution in [2.75, 3.05) is 5.73 Å². The van der Waals surface area contributed by atoms with Crippen LogP contribution >= 0.6 is 11.6 Å². The van der Waals surface area contributed by atoms with Crippen LogP contribution in [0.1, 0.15) is 33.6 Å². The Balaban J connectivity index is 1.47.